The van der Waals surface area contributed by atoms with Crippen molar-refractivity contribution in [1.82, 2.24) is 19.8 Å². The Morgan fingerprint density at radius 1 is 1.43 bits per heavy atom. The molecule has 3 atom stereocenters. The molecule has 2 aliphatic heterocycles. The van der Waals surface area contributed by atoms with Gasteiger partial charge in [0.25, 0.3) is 0 Å². The number of aromatic nitrogens is 2. The summed E-state index contributed by atoms with van der Waals surface area (Å²) in [7, 11) is 0. The van der Waals surface area contributed by atoms with Crippen LogP contribution in [0.5, 0.6) is 0 Å². The van der Waals surface area contributed by atoms with Crippen molar-refractivity contribution in [3.05, 3.63) is 18.2 Å². The number of nitrogens with one attached hydrogen (secondary N) is 1. The molecule has 3 heterocycles. The van der Waals surface area contributed by atoms with Crippen molar-refractivity contribution in [3.63, 3.8) is 0 Å². The van der Waals surface area contributed by atoms with Crippen molar-refractivity contribution in [2.75, 3.05) is 26.2 Å². The van der Waals surface area contributed by atoms with Crippen LogP contribution < -0.4 is 0 Å². The van der Waals surface area contributed by atoms with Crippen LogP contribution in [0, 0.1) is 0 Å². The maximum atomic E-state index is 12.6. The highest BCUT2D eigenvalue weighted by molar-refractivity contribution is 5.76. The predicted octanol–water partition coefficient (Wildman–Crippen LogP) is 1.96. The van der Waals surface area contributed by atoms with E-state index in [2.05, 4.69) is 28.7 Å². The fourth-order valence-electron chi connectivity index (χ4n) is 3.68. The third kappa shape index (κ3) is 3.93. The fraction of sp³-hybridized carbons (Fsp3) is 0.765. The minimum Gasteiger partial charge on any atom is -0.375 e. The molecule has 0 radical (unpaired) electrons. The topological polar surface area (TPSA) is 61.5 Å². The summed E-state index contributed by atoms with van der Waals surface area (Å²) in [5, 5.41) is 0. The second kappa shape index (κ2) is 7.45. The molecule has 128 valence electrons. The first kappa shape index (κ1) is 16.5. The van der Waals surface area contributed by atoms with E-state index in [9.17, 15) is 4.79 Å². The van der Waals surface area contributed by atoms with Crippen LogP contribution >= 0.6 is 0 Å². The Kier molecular flexibility index (Phi) is 5.33. The van der Waals surface area contributed by atoms with Crippen LogP contribution in [-0.4, -0.2) is 64.1 Å². The van der Waals surface area contributed by atoms with E-state index in [1.54, 1.807) is 6.20 Å². The quantitative estimate of drug-likeness (QED) is 0.901. The lowest BCUT2D eigenvalue weighted by Gasteiger charge is -2.40. The summed E-state index contributed by atoms with van der Waals surface area (Å²) in [5.74, 6) is 1.21. The number of piperazine rings is 1. The van der Waals surface area contributed by atoms with Gasteiger partial charge in [-0.25, -0.2) is 4.98 Å². The molecule has 1 N–H and O–H groups in total. The van der Waals surface area contributed by atoms with Crippen LogP contribution in [0.15, 0.2) is 12.4 Å². The largest absolute Gasteiger partial charge is 0.375 e. The summed E-state index contributed by atoms with van der Waals surface area (Å²) in [4.78, 5) is 24.5. The number of carbonyl (C=O) groups excluding carboxylic acids is 1. The van der Waals surface area contributed by atoms with E-state index in [4.69, 9.17) is 4.74 Å². The standard InChI is InChI=1S/C17H28N4O2/c1-3-20-10-11-21(12-15(20)17-18-8-9-19-17)16(22)7-6-14-5-4-13(2)23-14/h8-9,13-15H,3-7,10-12H2,1-2H3,(H,18,19)/t13-,14+,15+/m1/s1. The number of likely N-dealkylation sites (N-methyl/N-ethyl adjacent to an activating group) is 1. The van der Waals surface area contributed by atoms with Gasteiger partial charge in [0.05, 0.1) is 18.2 Å². The van der Waals surface area contributed by atoms with Crippen molar-refractivity contribution >= 4 is 5.91 Å². The Morgan fingerprint density at radius 2 is 2.30 bits per heavy atom. The van der Waals surface area contributed by atoms with E-state index < -0.39 is 0 Å². The Bertz CT molecular complexity index is 505. The zero-order chi connectivity index (χ0) is 16.2. The number of H-pyrrole nitrogens is 1. The van der Waals surface area contributed by atoms with Gasteiger partial charge in [-0.15, -0.1) is 0 Å². The number of amides is 1. The Hall–Kier alpha value is -1.40. The van der Waals surface area contributed by atoms with Crippen LogP contribution in [0.3, 0.4) is 0 Å². The Balaban J connectivity index is 1.54. The summed E-state index contributed by atoms with van der Waals surface area (Å²) in [5.41, 5.74) is 0. The zero-order valence-corrected chi connectivity index (χ0v) is 14.2. The van der Waals surface area contributed by atoms with E-state index in [0.29, 0.717) is 12.5 Å². The molecule has 0 aliphatic carbocycles. The SMILES string of the molecule is CCN1CCN(C(=O)CC[C@@H]2CC[C@@H](C)O2)C[C@H]1c1ncc[nH]1. The van der Waals surface area contributed by atoms with Crippen molar-refractivity contribution in [2.45, 2.75) is 57.8 Å². The summed E-state index contributed by atoms with van der Waals surface area (Å²) in [6.45, 7) is 7.69. The van der Waals surface area contributed by atoms with Crippen molar-refractivity contribution in [3.8, 4) is 0 Å². The maximum Gasteiger partial charge on any atom is 0.222 e. The minimum atomic E-state index is 0.176. The molecule has 1 aromatic heterocycles. The number of aromatic amines is 1. The van der Waals surface area contributed by atoms with Gasteiger partial charge in [0.2, 0.25) is 5.91 Å². The number of ether oxygens (including phenoxy) is 1. The molecule has 2 saturated heterocycles. The molecule has 1 amide bonds. The molecule has 3 rings (SSSR count). The van der Waals surface area contributed by atoms with Crippen LogP contribution in [0.2, 0.25) is 0 Å². The third-order valence-corrected chi connectivity index (χ3v) is 5.09. The second-order valence-electron chi connectivity index (χ2n) is 6.64. The van der Waals surface area contributed by atoms with E-state index in [1.165, 1.54) is 0 Å². The molecule has 6 heteroatoms. The lowest BCUT2D eigenvalue weighted by Crippen LogP contribution is -2.50. The molecule has 0 saturated carbocycles. The van der Waals surface area contributed by atoms with Gasteiger partial charge in [-0.2, -0.15) is 0 Å². The second-order valence-corrected chi connectivity index (χ2v) is 6.64. The summed E-state index contributed by atoms with van der Waals surface area (Å²) < 4.78 is 5.82. The molecule has 23 heavy (non-hydrogen) atoms. The first-order chi connectivity index (χ1) is 11.2. The third-order valence-electron chi connectivity index (χ3n) is 5.09. The molecule has 0 bridgehead atoms. The van der Waals surface area contributed by atoms with E-state index in [0.717, 1.165) is 51.3 Å². The highest BCUT2D eigenvalue weighted by Crippen LogP contribution is 2.25. The number of hydrogen-bond acceptors (Lipinski definition) is 4. The average Bonchev–Trinajstić information content (AvgIpc) is 3.23. The van der Waals surface area contributed by atoms with E-state index >= 15 is 0 Å². The Labute approximate surface area is 138 Å². The lowest BCUT2D eigenvalue weighted by molar-refractivity contribution is -0.135. The predicted molar refractivity (Wildman–Crippen MR) is 88.0 cm³/mol. The molecule has 0 spiro atoms. The molecular formula is C17H28N4O2. The minimum absolute atomic E-state index is 0.176. The van der Waals surface area contributed by atoms with Gasteiger partial charge in [-0.1, -0.05) is 6.92 Å². The number of nitrogens with zero attached hydrogens (tertiary/aromatic N) is 3. The van der Waals surface area contributed by atoms with Crippen LogP contribution in [-0.2, 0) is 9.53 Å². The molecule has 2 fully saturated rings. The molecule has 1 aromatic rings. The van der Waals surface area contributed by atoms with Gasteiger partial charge in [0.1, 0.15) is 5.82 Å². The summed E-state index contributed by atoms with van der Waals surface area (Å²) in [6, 6.07) is 0.176. The molecule has 0 aromatic carbocycles. The Morgan fingerprint density at radius 3 is 2.96 bits per heavy atom. The normalized spacial score (nSPS) is 29.1. The van der Waals surface area contributed by atoms with Gasteiger partial charge < -0.3 is 14.6 Å². The molecule has 6 nitrogen and oxygen atoms in total. The van der Waals surface area contributed by atoms with Gasteiger partial charge >= 0.3 is 0 Å². The van der Waals surface area contributed by atoms with Crippen LogP contribution in [0.25, 0.3) is 0 Å². The summed E-state index contributed by atoms with van der Waals surface area (Å²) in [6.07, 6.45) is 7.90. The van der Waals surface area contributed by atoms with Gasteiger partial charge in [-0.3, -0.25) is 9.69 Å². The summed E-state index contributed by atoms with van der Waals surface area (Å²) >= 11 is 0. The molecular weight excluding hydrogens is 292 g/mol. The van der Waals surface area contributed by atoms with Crippen molar-refractivity contribution in [1.29, 1.82) is 0 Å². The number of imidazole rings is 1. The van der Waals surface area contributed by atoms with E-state index in [1.807, 2.05) is 11.1 Å². The van der Waals surface area contributed by atoms with Crippen molar-refractivity contribution < 1.29 is 9.53 Å². The highest BCUT2D eigenvalue weighted by Gasteiger charge is 2.31. The first-order valence-corrected chi connectivity index (χ1v) is 8.84. The molecule has 2 aliphatic rings. The number of hydrogen-bond donors (Lipinski definition) is 1. The lowest BCUT2D eigenvalue weighted by atomic mass is 10.1. The van der Waals surface area contributed by atoms with Crippen LogP contribution in [0.4, 0.5) is 0 Å². The highest BCUT2D eigenvalue weighted by atomic mass is 16.5. The first-order valence-electron chi connectivity index (χ1n) is 8.84. The van der Waals surface area contributed by atoms with Gasteiger partial charge in [-0.05, 0) is 32.7 Å². The average molecular weight is 320 g/mol. The van der Waals surface area contributed by atoms with Crippen molar-refractivity contribution in [2.24, 2.45) is 0 Å². The fourth-order valence-corrected chi connectivity index (χ4v) is 3.68. The maximum absolute atomic E-state index is 12.6. The smallest absolute Gasteiger partial charge is 0.222 e. The van der Waals surface area contributed by atoms with E-state index in [-0.39, 0.29) is 18.1 Å². The monoisotopic (exact) mass is 320 g/mol. The number of rotatable bonds is 5. The van der Waals surface area contributed by atoms with Gasteiger partial charge in [0.15, 0.2) is 0 Å². The zero-order valence-electron chi connectivity index (χ0n) is 14.2. The van der Waals surface area contributed by atoms with Crippen LogP contribution in [0.1, 0.15) is 51.4 Å². The van der Waals surface area contributed by atoms with Gasteiger partial charge in [0, 0.05) is 38.4 Å². The number of carbonyl (C=O) groups is 1. The molecule has 0 unspecified atom stereocenters.